The zero-order valence-corrected chi connectivity index (χ0v) is 15.1. The van der Waals surface area contributed by atoms with Crippen molar-refractivity contribution in [3.63, 3.8) is 0 Å². The van der Waals surface area contributed by atoms with E-state index in [1.807, 2.05) is 30.3 Å². The van der Waals surface area contributed by atoms with Crippen LogP contribution in [0.3, 0.4) is 0 Å². The van der Waals surface area contributed by atoms with Crippen LogP contribution in [-0.4, -0.2) is 22.7 Å². The summed E-state index contributed by atoms with van der Waals surface area (Å²) >= 11 is 0. The van der Waals surface area contributed by atoms with Crippen LogP contribution in [0.1, 0.15) is 53.3 Å². The molecule has 0 unspecified atom stereocenters. The van der Waals surface area contributed by atoms with E-state index in [9.17, 15) is 14.7 Å². The number of carbonyl (C=O) groups excluding carboxylic acids is 1. The van der Waals surface area contributed by atoms with E-state index in [1.165, 1.54) is 0 Å². The van der Waals surface area contributed by atoms with Gasteiger partial charge in [-0.15, -0.1) is 0 Å². The van der Waals surface area contributed by atoms with Gasteiger partial charge in [-0.05, 0) is 24.3 Å². The van der Waals surface area contributed by atoms with Crippen LogP contribution >= 0.6 is 0 Å². The van der Waals surface area contributed by atoms with Crippen LogP contribution in [0.25, 0.3) is 0 Å². The molecule has 1 amide bonds. The van der Waals surface area contributed by atoms with Crippen molar-refractivity contribution in [2.75, 3.05) is 0 Å². The summed E-state index contributed by atoms with van der Waals surface area (Å²) in [4.78, 5) is 23.6. The van der Waals surface area contributed by atoms with Crippen LogP contribution < -0.4 is 5.43 Å². The number of amides is 1. The van der Waals surface area contributed by atoms with Gasteiger partial charge in [0.1, 0.15) is 5.76 Å². The number of furan rings is 1. The van der Waals surface area contributed by atoms with Gasteiger partial charge >= 0.3 is 5.97 Å². The highest BCUT2D eigenvalue weighted by molar-refractivity contribution is 6.06. The number of nitrogens with zero attached hydrogens (tertiary/aromatic N) is 1. The maximum Gasteiger partial charge on any atom is 0.372 e. The highest BCUT2D eigenvalue weighted by Gasteiger charge is 2.36. The molecular weight excluding hydrogens is 332 g/mol. The zero-order chi connectivity index (χ0) is 18.9. The Labute approximate surface area is 151 Å². The van der Waals surface area contributed by atoms with Crippen molar-refractivity contribution in [1.29, 1.82) is 0 Å². The summed E-state index contributed by atoms with van der Waals surface area (Å²) in [5.41, 5.74) is 5.30. The van der Waals surface area contributed by atoms with Crippen molar-refractivity contribution >= 4 is 17.6 Å². The Morgan fingerprint density at radius 2 is 1.92 bits per heavy atom. The second-order valence-corrected chi connectivity index (χ2v) is 7.43. The molecule has 2 N–H and O–H groups in total. The maximum atomic E-state index is 12.2. The summed E-state index contributed by atoms with van der Waals surface area (Å²) in [7, 11) is 0. The van der Waals surface area contributed by atoms with Crippen LogP contribution in [0.5, 0.6) is 0 Å². The molecule has 2 aromatic rings. The molecule has 0 aliphatic heterocycles. The van der Waals surface area contributed by atoms with E-state index < -0.39 is 5.97 Å². The molecule has 0 saturated carbocycles. The first kappa shape index (κ1) is 17.9. The van der Waals surface area contributed by atoms with Crippen molar-refractivity contribution in [2.24, 2.45) is 10.5 Å². The molecule has 1 aliphatic rings. The lowest BCUT2D eigenvalue weighted by atomic mass is 9.75. The Hall–Kier alpha value is -2.89. The van der Waals surface area contributed by atoms with E-state index in [0.717, 1.165) is 5.56 Å². The lowest BCUT2D eigenvalue weighted by Crippen LogP contribution is -2.30. The molecule has 6 nitrogen and oxygen atoms in total. The highest BCUT2D eigenvalue weighted by atomic mass is 16.4. The molecule has 0 saturated heterocycles. The molecule has 0 atom stereocenters. The molecule has 1 aliphatic carbocycles. The Bertz CT molecular complexity index is 879. The number of aromatic carboxylic acids is 1. The fraction of sp³-hybridized carbons (Fsp3) is 0.350. The number of hydrazone groups is 1. The Balaban J connectivity index is 1.86. The number of carboxylic acids is 1. The molecule has 1 aromatic heterocycles. The number of rotatable bonds is 4. The van der Waals surface area contributed by atoms with Gasteiger partial charge in [-0.1, -0.05) is 44.2 Å². The van der Waals surface area contributed by atoms with Crippen LogP contribution in [0.15, 0.2) is 39.9 Å². The Morgan fingerprint density at radius 3 is 2.58 bits per heavy atom. The first-order chi connectivity index (χ1) is 12.3. The summed E-state index contributed by atoms with van der Waals surface area (Å²) < 4.78 is 5.57. The molecule has 0 bridgehead atoms. The predicted molar refractivity (Wildman–Crippen MR) is 97.3 cm³/mol. The topological polar surface area (TPSA) is 91.9 Å². The van der Waals surface area contributed by atoms with E-state index in [0.29, 0.717) is 35.4 Å². The van der Waals surface area contributed by atoms with Crippen LogP contribution in [0, 0.1) is 12.3 Å². The SMILES string of the molecule is Cc1c(C(=O)O)oc2c1/C(=N/NC(=O)Cc1ccccc1)CC(C)(C)C2. The first-order valence-corrected chi connectivity index (χ1v) is 8.52. The molecule has 136 valence electrons. The molecule has 1 aromatic carbocycles. The molecule has 0 radical (unpaired) electrons. The third-order valence-corrected chi connectivity index (χ3v) is 4.51. The van der Waals surface area contributed by atoms with Crippen LogP contribution in [0.2, 0.25) is 0 Å². The van der Waals surface area contributed by atoms with E-state index >= 15 is 0 Å². The third-order valence-electron chi connectivity index (χ3n) is 4.51. The molecule has 0 spiro atoms. The summed E-state index contributed by atoms with van der Waals surface area (Å²) in [6, 6.07) is 9.43. The second kappa shape index (κ2) is 6.78. The summed E-state index contributed by atoms with van der Waals surface area (Å²) in [5.74, 6) is -0.751. The summed E-state index contributed by atoms with van der Waals surface area (Å²) in [5, 5.41) is 13.6. The molecule has 3 rings (SSSR count). The van der Waals surface area contributed by atoms with Crippen molar-refractivity contribution in [3.05, 3.63) is 58.5 Å². The Kier molecular flexibility index (Phi) is 4.68. The third kappa shape index (κ3) is 3.69. The summed E-state index contributed by atoms with van der Waals surface area (Å²) in [6.45, 7) is 5.84. The fourth-order valence-electron chi connectivity index (χ4n) is 3.36. The minimum absolute atomic E-state index is 0.0592. The number of carboxylic acid groups (broad SMARTS) is 1. The minimum atomic E-state index is -1.10. The molecule has 26 heavy (non-hydrogen) atoms. The van der Waals surface area contributed by atoms with Gasteiger partial charge in [-0.25, -0.2) is 10.2 Å². The monoisotopic (exact) mass is 354 g/mol. The quantitative estimate of drug-likeness (QED) is 0.824. The number of hydrogen-bond acceptors (Lipinski definition) is 4. The van der Waals surface area contributed by atoms with Crippen molar-refractivity contribution in [1.82, 2.24) is 5.43 Å². The number of benzene rings is 1. The van der Waals surface area contributed by atoms with Gasteiger partial charge in [0, 0.05) is 17.5 Å². The fourth-order valence-corrected chi connectivity index (χ4v) is 3.36. The average molecular weight is 354 g/mol. The van der Waals surface area contributed by atoms with Gasteiger partial charge in [0.25, 0.3) is 0 Å². The zero-order valence-electron chi connectivity index (χ0n) is 15.1. The van der Waals surface area contributed by atoms with E-state index in [2.05, 4.69) is 24.4 Å². The number of carbonyl (C=O) groups is 2. The smallest absolute Gasteiger partial charge is 0.372 e. The molecule has 1 heterocycles. The van der Waals surface area contributed by atoms with Gasteiger partial charge in [-0.3, -0.25) is 4.79 Å². The molecular formula is C20H22N2O4. The maximum absolute atomic E-state index is 12.2. The lowest BCUT2D eigenvalue weighted by molar-refractivity contribution is -0.120. The van der Waals surface area contributed by atoms with Crippen LogP contribution in [-0.2, 0) is 17.6 Å². The molecule has 0 fully saturated rings. The summed E-state index contributed by atoms with van der Waals surface area (Å²) in [6.07, 6.45) is 1.50. The number of hydrogen-bond donors (Lipinski definition) is 2. The van der Waals surface area contributed by atoms with Gasteiger partial charge < -0.3 is 9.52 Å². The number of fused-ring (bicyclic) bond motifs is 1. The first-order valence-electron chi connectivity index (χ1n) is 8.52. The van der Waals surface area contributed by atoms with E-state index in [4.69, 9.17) is 4.42 Å². The lowest BCUT2D eigenvalue weighted by Gasteiger charge is -2.29. The normalized spacial score (nSPS) is 17.0. The minimum Gasteiger partial charge on any atom is -0.475 e. The van der Waals surface area contributed by atoms with Gasteiger partial charge in [0.05, 0.1) is 12.1 Å². The van der Waals surface area contributed by atoms with Crippen molar-refractivity contribution in [2.45, 2.75) is 40.0 Å². The van der Waals surface area contributed by atoms with Gasteiger partial charge in [0.2, 0.25) is 11.7 Å². The van der Waals surface area contributed by atoms with Gasteiger partial charge in [-0.2, -0.15) is 5.10 Å². The average Bonchev–Trinajstić information content (AvgIpc) is 2.89. The largest absolute Gasteiger partial charge is 0.475 e. The molecule has 6 heteroatoms. The van der Waals surface area contributed by atoms with E-state index in [-0.39, 0.29) is 23.5 Å². The van der Waals surface area contributed by atoms with Crippen LogP contribution in [0.4, 0.5) is 0 Å². The Morgan fingerprint density at radius 1 is 1.23 bits per heavy atom. The predicted octanol–water partition coefficient (Wildman–Crippen LogP) is 3.32. The highest BCUT2D eigenvalue weighted by Crippen LogP contribution is 2.38. The number of nitrogens with one attached hydrogen (secondary N) is 1. The second-order valence-electron chi connectivity index (χ2n) is 7.43. The standard InChI is InChI=1S/C20H22N2O4/c1-12-17-14(21-22-16(23)9-13-7-5-4-6-8-13)10-20(2,3)11-15(17)26-18(12)19(24)25/h4-8H,9-11H2,1-3H3,(H,22,23)(H,24,25)/b21-14+. The van der Waals surface area contributed by atoms with Crippen molar-refractivity contribution in [3.8, 4) is 0 Å². The van der Waals surface area contributed by atoms with E-state index in [1.54, 1.807) is 6.92 Å². The van der Waals surface area contributed by atoms with Crippen molar-refractivity contribution < 1.29 is 19.1 Å². The van der Waals surface area contributed by atoms with Gasteiger partial charge in [0.15, 0.2) is 0 Å².